The molecule has 2 N–H and O–H groups in total. The summed E-state index contributed by atoms with van der Waals surface area (Å²) in [6.07, 6.45) is 10.8. The first kappa shape index (κ1) is 26.1. The summed E-state index contributed by atoms with van der Waals surface area (Å²) in [7, 11) is -3.37. The summed E-state index contributed by atoms with van der Waals surface area (Å²) in [6.45, 7) is 1.98. The van der Waals surface area contributed by atoms with Crippen LogP contribution in [0.25, 0.3) is 5.78 Å². The quantitative estimate of drug-likeness (QED) is 0.391. The Balaban J connectivity index is 1.38. The highest BCUT2D eigenvalue weighted by Crippen LogP contribution is 2.46. The van der Waals surface area contributed by atoms with Crippen LogP contribution in [0.5, 0.6) is 0 Å². The first-order valence-electron chi connectivity index (χ1n) is 13.1. The Hall–Kier alpha value is -3.47. The smallest absolute Gasteiger partial charge is 0.338 e. The molecule has 1 aliphatic carbocycles. The highest BCUT2D eigenvalue weighted by atomic mass is 32.2. The van der Waals surface area contributed by atoms with E-state index in [4.69, 9.17) is 4.74 Å². The number of ether oxygens (including phenoxy) is 1. The third kappa shape index (κ3) is 5.52. The molecule has 1 unspecified atom stereocenters. The topological polar surface area (TPSA) is 136 Å². The Morgan fingerprint density at radius 3 is 2.74 bits per heavy atom. The molecule has 2 aromatic heterocycles. The molecule has 0 saturated heterocycles. The van der Waals surface area contributed by atoms with Crippen molar-refractivity contribution in [3.63, 3.8) is 0 Å². The van der Waals surface area contributed by atoms with E-state index in [0.29, 0.717) is 36.6 Å². The van der Waals surface area contributed by atoms with Crippen LogP contribution in [-0.4, -0.2) is 50.9 Å². The molecular formula is C27H33N5O5S. The number of fused-ring (bicyclic) bond motifs is 1. The van der Waals surface area contributed by atoms with Crippen molar-refractivity contribution in [3.05, 3.63) is 64.9 Å². The fourth-order valence-corrected chi connectivity index (χ4v) is 6.35. The SMILES string of the molecule is CCc1cc(CCC2(C3CCCC3)CC(O)=C(Cc3nc4ncccn4n3)C(=O)O2)ccc1NS(C)(=O)=O. The van der Waals surface area contributed by atoms with E-state index in [0.717, 1.165) is 43.1 Å². The first-order chi connectivity index (χ1) is 18.2. The van der Waals surface area contributed by atoms with E-state index in [1.54, 1.807) is 24.5 Å². The van der Waals surface area contributed by atoms with Gasteiger partial charge >= 0.3 is 5.97 Å². The molecule has 1 saturated carbocycles. The summed E-state index contributed by atoms with van der Waals surface area (Å²) in [5.74, 6) is 0.516. The van der Waals surface area contributed by atoms with Gasteiger partial charge in [-0.15, -0.1) is 5.10 Å². The number of aliphatic hydroxyl groups is 1. The van der Waals surface area contributed by atoms with E-state index in [9.17, 15) is 18.3 Å². The van der Waals surface area contributed by atoms with Gasteiger partial charge in [-0.05, 0) is 61.3 Å². The van der Waals surface area contributed by atoms with E-state index < -0.39 is 21.6 Å². The molecule has 0 radical (unpaired) electrons. The number of sulfonamides is 1. The van der Waals surface area contributed by atoms with Gasteiger partial charge in [-0.1, -0.05) is 31.9 Å². The van der Waals surface area contributed by atoms with Crippen LogP contribution in [0.2, 0.25) is 0 Å². The number of nitrogens with zero attached hydrogens (tertiary/aromatic N) is 4. The summed E-state index contributed by atoms with van der Waals surface area (Å²) in [5, 5.41) is 15.5. The predicted molar refractivity (Wildman–Crippen MR) is 142 cm³/mol. The molecule has 5 rings (SSSR count). The van der Waals surface area contributed by atoms with Gasteiger partial charge in [0.2, 0.25) is 10.0 Å². The van der Waals surface area contributed by atoms with Crippen LogP contribution in [0, 0.1) is 5.92 Å². The average molecular weight is 540 g/mol. The second kappa shape index (κ2) is 10.4. The number of cyclic esters (lactones) is 1. The van der Waals surface area contributed by atoms with Crippen molar-refractivity contribution in [1.82, 2.24) is 19.6 Å². The molecule has 0 bridgehead atoms. The zero-order valence-corrected chi connectivity index (χ0v) is 22.5. The normalized spacial score (nSPS) is 20.7. The lowest BCUT2D eigenvalue weighted by molar-refractivity contribution is -0.167. The second-order valence-corrected chi connectivity index (χ2v) is 12.1. The molecule has 1 aliphatic heterocycles. The van der Waals surface area contributed by atoms with Crippen LogP contribution in [0.1, 0.15) is 62.4 Å². The van der Waals surface area contributed by atoms with Crippen molar-refractivity contribution < 1.29 is 23.1 Å². The van der Waals surface area contributed by atoms with Gasteiger partial charge in [-0.3, -0.25) is 4.72 Å². The lowest BCUT2D eigenvalue weighted by atomic mass is 9.76. The number of rotatable bonds is 9. The Morgan fingerprint density at radius 2 is 2.05 bits per heavy atom. The van der Waals surface area contributed by atoms with E-state index >= 15 is 0 Å². The van der Waals surface area contributed by atoms with Crippen molar-refractivity contribution in [2.75, 3.05) is 11.0 Å². The number of hydrogen-bond donors (Lipinski definition) is 2. The number of anilines is 1. The molecule has 3 heterocycles. The molecule has 0 spiro atoms. The number of benzene rings is 1. The lowest BCUT2D eigenvalue weighted by Gasteiger charge is -2.41. The van der Waals surface area contributed by atoms with Gasteiger partial charge in [-0.2, -0.15) is 4.98 Å². The minimum Gasteiger partial charge on any atom is -0.512 e. The van der Waals surface area contributed by atoms with Crippen LogP contribution in [0.15, 0.2) is 48.0 Å². The summed E-state index contributed by atoms with van der Waals surface area (Å²) < 4.78 is 33.8. The van der Waals surface area contributed by atoms with Crippen LogP contribution < -0.4 is 4.72 Å². The minimum absolute atomic E-state index is 0.0434. The first-order valence-corrected chi connectivity index (χ1v) is 14.9. The number of esters is 1. The molecule has 202 valence electrons. The largest absolute Gasteiger partial charge is 0.512 e. The average Bonchev–Trinajstić information content (AvgIpc) is 3.55. The van der Waals surface area contributed by atoms with Crippen LogP contribution in [-0.2, 0) is 38.8 Å². The van der Waals surface area contributed by atoms with Crippen LogP contribution in [0.3, 0.4) is 0 Å². The van der Waals surface area contributed by atoms with Crippen molar-refractivity contribution in [1.29, 1.82) is 0 Å². The summed E-state index contributed by atoms with van der Waals surface area (Å²) in [6, 6.07) is 7.44. The van der Waals surface area contributed by atoms with Gasteiger partial charge in [0.05, 0.1) is 17.5 Å². The van der Waals surface area contributed by atoms with Gasteiger partial charge in [0.15, 0.2) is 5.82 Å². The summed E-state index contributed by atoms with van der Waals surface area (Å²) in [4.78, 5) is 21.8. The van der Waals surface area contributed by atoms with Gasteiger partial charge in [0.25, 0.3) is 5.78 Å². The molecule has 11 heteroatoms. The molecule has 0 amide bonds. The fourth-order valence-electron chi connectivity index (χ4n) is 5.75. The van der Waals surface area contributed by atoms with Crippen molar-refractivity contribution >= 4 is 27.5 Å². The summed E-state index contributed by atoms with van der Waals surface area (Å²) in [5.41, 5.74) is 1.92. The van der Waals surface area contributed by atoms with Crippen LogP contribution >= 0.6 is 0 Å². The number of aryl methyl sites for hydroxylation is 2. The molecular weight excluding hydrogens is 506 g/mol. The number of carbonyl (C=O) groups is 1. The Kier molecular flexibility index (Phi) is 7.13. The summed E-state index contributed by atoms with van der Waals surface area (Å²) >= 11 is 0. The molecule has 1 aromatic carbocycles. The monoisotopic (exact) mass is 539 g/mol. The van der Waals surface area contributed by atoms with Gasteiger partial charge < -0.3 is 9.84 Å². The fraction of sp³-hybridized carbons (Fsp3) is 0.481. The van der Waals surface area contributed by atoms with Gasteiger partial charge in [0.1, 0.15) is 11.4 Å². The zero-order valence-electron chi connectivity index (χ0n) is 21.7. The third-order valence-corrected chi connectivity index (χ3v) is 8.23. The molecule has 2 aliphatic rings. The van der Waals surface area contributed by atoms with E-state index in [1.165, 1.54) is 4.52 Å². The lowest BCUT2D eigenvalue weighted by Crippen LogP contribution is -2.46. The maximum Gasteiger partial charge on any atom is 0.338 e. The van der Waals surface area contributed by atoms with E-state index in [1.807, 2.05) is 19.1 Å². The highest BCUT2D eigenvalue weighted by Gasteiger charge is 2.48. The molecule has 1 atom stereocenters. The van der Waals surface area contributed by atoms with Gasteiger partial charge in [-0.25, -0.2) is 22.7 Å². The van der Waals surface area contributed by atoms with E-state index in [-0.39, 0.29) is 30.1 Å². The van der Waals surface area contributed by atoms with Gasteiger partial charge in [0, 0.05) is 25.2 Å². The minimum atomic E-state index is -3.37. The van der Waals surface area contributed by atoms with Crippen molar-refractivity contribution in [2.24, 2.45) is 5.92 Å². The second-order valence-electron chi connectivity index (χ2n) is 10.3. The molecule has 38 heavy (non-hydrogen) atoms. The molecule has 10 nitrogen and oxygen atoms in total. The molecule has 3 aromatic rings. The number of aliphatic hydroxyl groups excluding tert-OH is 1. The number of aromatic nitrogens is 4. The number of carbonyl (C=O) groups excluding carboxylic acids is 1. The maximum atomic E-state index is 13.3. The highest BCUT2D eigenvalue weighted by molar-refractivity contribution is 7.92. The zero-order chi connectivity index (χ0) is 26.9. The number of nitrogens with one attached hydrogen (secondary N) is 1. The number of hydrogen-bond acceptors (Lipinski definition) is 8. The predicted octanol–water partition coefficient (Wildman–Crippen LogP) is 3.92. The van der Waals surface area contributed by atoms with Crippen molar-refractivity contribution in [3.8, 4) is 0 Å². The Bertz CT molecular complexity index is 1460. The standard InChI is InChI=1S/C27H33N5O5S/c1-3-19-15-18(9-10-22(19)31-38(2,35)36)11-12-27(20-7-4-5-8-20)17-23(33)21(25(34)37-27)16-24-29-26-28-13-6-14-32(26)30-24/h6,9-10,13-15,20,31,33H,3-5,7-8,11-12,16-17H2,1-2H3. The Labute approximate surface area is 222 Å². The third-order valence-electron chi connectivity index (χ3n) is 7.63. The molecule has 1 fully saturated rings. The Morgan fingerprint density at radius 1 is 1.26 bits per heavy atom. The van der Waals surface area contributed by atoms with Crippen molar-refractivity contribution in [2.45, 2.75) is 70.3 Å². The van der Waals surface area contributed by atoms with Crippen LogP contribution in [0.4, 0.5) is 5.69 Å². The maximum absolute atomic E-state index is 13.3. The van der Waals surface area contributed by atoms with E-state index in [2.05, 4.69) is 19.8 Å².